The molecule has 0 aliphatic rings. The molecule has 0 aromatic heterocycles. The van der Waals surface area contributed by atoms with Gasteiger partial charge in [-0.25, -0.2) is 0 Å². The second-order valence-corrected chi connectivity index (χ2v) is 2.65. The summed E-state index contributed by atoms with van der Waals surface area (Å²) in [6.07, 6.45) is -0.0463. The zero-order valence-corrected chi connectivity index (χ0v) is 6.22. The molecule has 0 saturated carbocycles. The van der Waals surface area contributed by atoms with Crippen LogP contribution in [0.1, 0.15) is 6.42 Å². The number of alkyl halides is 1. The van der Waals surface area contributed by atoms with E-state index < -0.39 is 16.6 Å². The summed E-state index contributed by atoms with van der Waals surface area (Å²) in [6, 6.07) is 0. The highest BCUT2D eigenvalue weighted by Gasteiger charge is 2.12. The number of carbonyl (C=O) groups excluding carboxylic acids is 2. The lowest BCUT2D eigenvalue weighted by molar-refractivity contribution is -0.122. The van der Waals surface area contributed by atoms with E-state index in [4.69, 9.17) is 11.5 Å². The van der Waals surface area contributed by atoms with Gasteiger partial charge in [-0.15, -0.1) is 0 Å². The maximum Gasteiger partial charge on any atom is 0.231 e. The Bertz CT molecular complexity index is 137. The summed E-state index contributed by atoms with van der Waals surface area (Å²) in [5.74, 6) is -1.12. The maximum atomic E-state index is 10.2. The van der Waals surface area contributed by atoms with Crippen LogP contribution in [0.4, 0.5) is 0 Å². The van der Waals surface area contributed by atoms with Gasteiger partial charge < -0.3 is 11.5 Å². The van der Waals surface area contributed by atoms with E-state index in [0.29, 0.717) is 0 Å². The largest absolute Gasteiger partial charge is 0.370 e. The lowest BCUT2D eigenvalue weighted by Gasteiger charge is -1.98. The zero-order chi connectivity index (χ0) is 7.44. The van der Waals surface area contributed by atoms with Crippen molar-refractivity contribution in [1.82, 2.24) is 0 Å². The first-order chi connectivity index (χ1) is 4.04. The lowest BCUT2D eigenvalue weighted by Crippen LogP contribution is -2.28. The quantitative estimate of drug-likeness (QED) is 0.572. The van der Waals surface area contributed by atoms with Crippen molar-refractivity contribution in [3.63, 3.8) is 0 Å². The first kappa shape index (κ1) is 8.42. The van der Waals surface area contributed by atoms with Crippen molar-refractivity contribution in [2.75, 3.05) is 0 Å². The van der Waals surface area contributed by atoms with Crippen LogP contribution in [0, 0.1) is 0 Å². The molecule has 1 atom stereocenters. The van der Waals surface area contributed by atoms with Crippen molar-refractivity contribution in [1.29, 1.82) is 0 Å². The van der Waals surface area contributed by atoms with Crippen LogP contribution in [0.15, 0.2) is 0 Å². The molecular weight excluding hydrogens is 188 g/mol. The van der Waals surface area contributed by atoms with E-state index in [1.54, 1.807) is 0 Å². The average molecular weight is 195 g/mol. The molecule has 0 aromatic rings. The third-order valence-corrected chi connectivity index (χ3v) is 1.46. The van der Waals surface area contributed by atoms with Crippen LogP contribution in [0.5, 0.6) is 0 Å². The molecule has 4 nitrogen and oxygen atoms in total. The van der Waals surface area contributed by atoms with Crippen molar-refractivity contribution >= 4 is 27.7 Å². The van der Waals surface area contributed by atoms with E-state index in [-0.39, 0.29) is 6.42 Å². The van der Waals surface area contributed by atoms with Crippen LogP contribution in [0.3, 0.4) is 0 Å². The molecule has 0 fully saturated rings. The van der Waals surface area contributed by atoms with Crippen LogP contribution in [-0.2, 0) is 9.59 Å². The van der Waals surface area contributed by atoms with E-state index >= 15 is 0 Å². The first-order valence-corrected chi connectivity index (χ1v) is 3.17. The van der Waals surface area contributed by atoms with E-state index in [1.165, 1.54) is 0 Å². The summed E-state index contributed by atoms with van der Waals surface area (Å²) in [7, 11) is 0. The van der Waals surface area contributed by atoms with Crippen molar-refractivity contribution in [3.05, 3.63) is 0 Å². The normalized spacial score (nSPS) is 12.6. The van der Waals surface area contributed by atoms with Crippen molar-refractivity contribution in [3.8, 4) is 0 Å². The van der Waals surface area contributed by atoms with E-state index in [1.807, 2.05) is 0 Å². The Morgan fingerprint density at radius 1 is 1.44 bits per heavy atom. The molecule has 52 valence electrons. The SMILES string of the molecule is NC(=O)CC(Br)C(N)=O. The molecular formula is C4H7BrN2O2. The number of nitrogens with two attached hydrogens (primary N) is 2. The minimum absolute atomic E-state index is 0.0463. The van der Waals surface area contributed by atoms with Crippen LogP contribution in [0.25, 0.3) is 0 Å². The molecule has 4 N–H and O–H groups in total. The van der Waals surface area contributed by atoms with Gasteiger partial charge in [0.1, 0.15) is 4.83 Å². The molecule has 0 aromatic carbocycles. The van der Waals surface area contributed by atoms with Crippen LogP contribution in [-0.4, -0.2) is 16.6 Å². The van der Waals surface area contributed by atoms with Gasteiger partial charge in [0.2, 0.25) is 11.8 Å². The molecule has 0 radical (unpaired) electrons. The fourth-order valence-electron chi connectivity index (χ4n) is 0.277. The molecule has 0 spiro atoms. The molecule has 9 heavy (non-hydrogen) atoms. The van der Waals surface area contributed by atoms with Gasteiger partial charge in [-0.1, -0.05) is 15.9 Å². The predicted molar refractivity (Wildman–Crippen MR) is 35.7 cm³/mol. The molecule has 0 aliphatic carbocycles. The topological polar surface area (TPSA) is 86.2 Å². The molecule has 5 heteroatoms. The molecule has 0 saturated heterocycles. The standard InChI is InChI=1S/C4H7BrN2O2/c5-2(4(7)9)1-3(6)8/h2H,1H2,(H2,6,8)(H2,7,9). The monoisotopic (exact) mass is 194 g/mol. The Balaban J connectivity index is 3.63. The Morgan fingerprint density at radius 2 is 1.89 bits per heavy atom. The van der Waals surface area contributed by atoms with E-state index in [9.17, 15) is 9.59 Å². The molecule has 0 heterocycles. The number of hydrogen-bond donors (Lipinski definition) is 2. The number of primary amides is 2. The van der Waals surface area contributed by atoms with Crippen LogP contribution < -0.4 is 11.5 Å². The smallest absolute Gasteiger partial charge is 0.231 e. The Kier molecular flexibility index (Phi) is 3.22. The second-order valence-electron chi connectivity index (χ2n) is 1.54. The van der Waals surface area contributed by atoms with Gasteiger partial charge in [0.25, 0.3) is 0 Å². The average Bonchev–Trinajstić information content (AvgIpc) is 1.63. The van der Waals surface area contributed by atoms with Crippen molar-refractivity contribution in [2.24, 2.45) is 11.5 Å². The summed E-state index contributed by atoms with van der Waals surface area (Å²) in [6.45, 7) is 0. The Hall–Kier alpha value is -0.580. The van der Waals surface area contributed by atoms with Gasteiger partial charge in [0.05, 0.1) is 0 Å². The van der Waals surface area contributed by atoms with Gasteiger partial charge in [0, 0.05) is 6.42 Å². The van der Waals surface area contributed by atoms with Crippen molar-refractivity contribution < 1.29 is 9.59 Å². The number of amides is 2. The minimum Gasteiger partial charge on any atom is -0.370 e. The highest BCUT2D eigenvalue weighted by atomic mass is 79.9. The van der Waals surface area contributed by atoms with E-state index in [2.05, 4.69) is 15.9 Å². The van der Waals surface area contributed by atoms with Crippen molar-refractivity contribution in [2.45, 2.75) is 11.2 Å². The molecule has 1 unspecified atom stereocenters. The summed E-state index contributed by atoms with van der Waals surface area (Å²) >= 11 is 2.87. The zero-order valence-electron chi connectivity index (χ0n) is 4.63. The molecule has 0 bridgehead atoms. The second kappa shape index (κ2) is 3.45. The number of rotatable bonds is 3. The van der Waals surface area contributed by atoms with Gasteiger partial charge in [-0.3, -0.25) is 9.59 Å². The highest BCUT2D eigenvalue weighted by Crippen LogP contribution is 2.01. The van der Waals surface area contributed by atoms with Gasteiger partial charge in [-0.2, -0.15) is 0 Å². The van der Waals surface area contributed by atoms with E-state index in [0.717, 1.165) is 0 Å². The lowest BCUT2D eigenvalue weighted by atomic mass is 10.3. The minimum atomic E-state index is -0.630. The highest BCUT2D eigenvalue weighted by molar-refractivity contribution is 9.10. The van der Waals surface area contributed by atoms with Gasteiger partial charge >= 0.3 is 0 Å². The number of hydrogen-bond acceptors (Lipinski definition) is 2. The summed E-state index contributed by atoms with van der Waals surface area (Å²) in [4.78, 5) is 19.7. The molecule has 2 amide bonds. The molecule has 0 rings (SSSR count). The third-order valence-electron chi connectivity index (χ3n) is 0.689. The molecule has 0 aliphatic heterocycles. The van der Waals surface area contributed by atoms with Crippen LogP contribution >= 0.6 is 15.9 Å². The predicted octanol–water partition coefficient (Wildman–Crippen LogP) is -0.889. The fourth-order valence-corrected chi connectivity index (χ4v) is 0.596. The van der Waals surface area contributed by atoms with Crippen LogP contribution in [0.2, 0.25) is 0 Å². The Labute approximate surface area is 60.7 Å². The van der Waals surface area contributed by atoms with Gasteiger partial charge in [0.15, 0.2) is 0 Å². The third kappa shape index (κ3) is 3.96. The maximum absolute atomic E-state index is 10.2. The fraction of sp³-hybridized carbons (Fsp3) is 0.500. The number of carbonyl (C=O) groups is 2. The summed E-state index contributed by atoms with van der Waals surface area (Å²) < 4.78 is 0. The first-order valence-electron chi connectivity index (χ1n) is 2.25. The Morgan fingerprint density at radius 3 is 2.00 bits per heavy atom. The van der Waals surface area contributed by atoms with Gasteiger partial charge in [-0.05, 0) is 0 Å². The summed E-state index contributed by atoms with van der Waals surface area (Å²) in [5, 5.41) is 0. The summed E-state index contributed by atoms with van der Waals surface area (Å²) in [5.41, 5.74) is 9.55. The number of halogens is 1.